The number of guanidine groups is 1. The molecule has 158 valence electrons. The van der Waals surface area contributed by atoms with Crippen molar-refractivity contribution in [2.45, 2.75) is 32.5 Å². The van der Waals surface area contributed by atoms with E-state index in [9.17, 15) is 8.78 Å². The Labute approximate surface area is 185 Å². The molecule has 0 fully saturated rings. The molecule has 0 radical (unpaired) electrons. The van der Waals surface area contributed by atoms with Gasteiger partial charge in [-0.1, -0.05) is 24.3 Å². The first-order valence-corrected chi connectivity index (χ1v) is 9.05. The first kappa shape index (κ1) is 23.0. The highest BCUT2D eigenvalue weighted by Gasteiger charge is 2.21. The molecule has 2 aromatic rings. The third kappa shape index (κ3) is 6.34. The van der Waals surface area contributed by atoms with Gasteiger partial charge in [0.1, 0.15) is 5.75 Å². The molecule has 3 rings (SSSR count). The average Bonchev–Trinajstić information content (AvgIpc) is 2.68. The topological polar surface area (TPSA) is 78.1 Å². The number of hydrogen-bond donors (Lipinski definition) is 2. The van der Waals surface area contributed by atoms with Crippen LogP contribution >= 0.6 is 24.0 Å². The number of rotatable bonds is 7. The molecule has 6 nitrogen and oxygen atoms in total. The Kier molecular flexibility index (Phi) is 8.74. The van der Waals surface area contributed by atoms with E-state index in [0.717, 1.165) is 23.3 Å². The summed E-state index contributed by atoms with van der Waals surface area (Å²) in [5.74, 6) is 1.39. The third-order valence-electron chi connectivity index (χ3n) is 4.24. The van der Waals surface area contributed by atoms with Crippen LogP contribution in [-0.2, 0) is 6.54 Å². The lowest BCUT2D eigenvalue weighted by Gasteiger charge is -2.26. The zero-order valence-electron chi connectivity index (χ0n) is 15.9. The molecule has 1 atom stereocenters. The number of ether oxygens (including phenoxy) is 3. The number of aliphatic imine (C=N–C) groups is 1. The molecule has 0 spiro atoms. The molecule has 1 unspecified atom stereocenters. The van der Waals surface area contributed by atoms with Crippen LogP contribution in [0.15, 0.2) is 47.5 Å². The van der Waals surface area contributed by atoms with Crippen molar-refractivity contribution in [2.75, 3.05) is 13.2 Å². The lowest BCUT2D eigenvalue weighted by Crippen LogP contribution is -2.37. The van der Waals surface area contributed by atoms with Gasteiger partial charge in [-0.15, -0.1) is 24.0 Å². The van der Waals surface area contributed by atoms with Crippen LogP contribution in [0.25, 0.3) is 0 Å². The van der Waals surface area contributed by atoms with E-state index in [0.29, 0.717) is 19.2 Å². The number of para-hydroxylation sites is 1. The van der Waals surface area contributed by atoms with Crippen molar-refractivity contribution in [3.05, 3.63) is 53.6 Å². The number of nitrogens with one attached hydrogen (secondary N) is 1. The van der Waals surface area contributed by atoms with Gasteiger partial charge >= 0.3 is 6.61 Å². The number of nitrogens with zero attached hydrogens (tertiary/aromatic N) is 1. The summed E-state index contributed by atoms with van der Waals surface area (Å²) in [7, 11) is 0. The Balaban J connectivity index is 0.00000300. The SMILES string of the molecule is CCOc1cc(CN=C(N)NC2CCOc3ccccc32)ccc1OC(F)F.I. The summed E-state index contributed by atoms with van der Waals surface area (Å²) in [5.41, 5.74) is 7.85. The Morgan fingerprint density at radius 3 is 2.83 bits per heavy atom. The summed E-state index contributed by atoms with van der Waals surface area (Å²) < 4.78 is 40.5. The Morgan fingerprint density at radius 2 is 2.07 bits per heavy atom. The Morgan fingerprint density at radius 1 is 1.28 bits per heavy atom. The summed E-state index contributed by atoms with van der Waals surface area (Å²) in [6.45, 7) is 0.0682. The van der Waals surface area contributed by atoms with Gasteiger partial charge in [0.15, 0.2) is 17.5 Å². The van der Waals surface area contributed by atoms with Crippen molar-refractivity contribution in [1.29, 1.82) is 0 Å². The van der Waals surface area contributed by atoms with E-state index in [2.05, 4.69) is 15.0 Å². The van der Waals surface area contributed by atoms with E-state index in [1.165, 1.54) is 6.07 Å². The average molecular weight is 519 g/mol. The van der Waals surface area contributed by atoms with Gasteiger partial charge in [0, 0.05) is 12.0 Å². The molecule has 9 heteroatoms. The first-order valence-electron chi connectivity index (χ1n) is 9.05. The predicted octanol–water partition coefficient (Wildman–Crippen LogP) is 4.23. The number of alkyl halides is 2. The number of fused-ring (bicyclic) bond motifs is 1. The zero-order chi connectivity index (χ0) is 19.9. The smallest absolute Gasteiger partial charge is 0.387 e. The lowest BCUT2D eigenvalue weighted by molar-refractivity contribution is -0.0514. The van der Waals surface area contributed by atoms with Crippen LogP contribution in [0.4, 0.5) is 8.78 Å². The normalized spacial score (nSPS) is 15.7. The fourth-order valence-electron chi connectivity index (χ4n) is 3.01. The van der Waals surface area contributed by atoms with Gasteiger partial charge in [-0.2, -0.15) is 8.78 Å². The molecule has 2 aromatic carbocycles. The number of halogens is 3. The minimum Gasteiger partial charge on any atom is -0.493 e. The molecule has 0 aromatic heterocycles. The molecule has 3 N–H and O–H groups in total. The molecule has 1 aliphatic heterocycles. The largest absolute Gasteiger partial charge is 0.493 e. The van der Waals surface area contributed by atoms with Gasteiger partial charge in [0.25, 0.3) is 0 Å². The standard InChI is InChI=1S/C20H23F2N3O3.HI/c1-2-26-18-11-13(7-8-17(18)28-19(21)22)12-24-20(23)25-15-9-10-27-16-6-4-3-5-14(15)16;/h3-8,11,15,19H,2,9-10,12H2,1H3,(H3,23,24,25);1H. The molecule has 29 heavy (non-hydrogen) atoms. The summed E-state index contributed by atoms with van der Waals surface area (Å²) in [4.78, 5) is 4.35. The van der Waals surface area contributed by atoms with E-state index < -0.39 is 6.61 Å². The first-order chi connectivity index (χ1) is 13.6. The van der Waals surface area contributed by atoms with Gasteiger partial charge < -0.3 is 25.3 Å². The highest BCUT2D eigenvalue weighted by molar-refractivity contribution is 14.0. The van der Waals surface area contributed by atoms with Crippen molar-refractivity contribution < 1.29 is 23.0 Å². The molecule has 1 aliphatic rings. The molecular weight excluding hydrogens is 495 g/mol. The maximum Gasteiger partial charge on any atom is 0.387 e. The van der Waals surface area contributed by atoms with E-state index in [1.807, 2.05) is 24.3 Å². The minimum atomic E-state index is -2.91. The van der Waals surface area contributed by atoms with Crippen LogP contribution in [-0.4, -0.2) is 25.8 Å². The molecule has 0 aliphatic carbocycles. The number of benzene rings is 2. The maximum atomic E-state index is 12.5. The van der Waals surface area contributed by atoms with Gasteiger partial charge in [0.2, 0.25) is 0 Å². The van der Waals surface area contributed by atoms with Gasteiger partial charge in [-0.3, -0.25) is 0 Å². The van der Waals surface area contributed by atoms with Crippen LogP contribution in [0.1, 0.15) is 30.5 Å². The molecular formula is C20H24F2IN3O3. The lowest BCUT2D eigenvalue weighted by atomic mass is 10.0. The van der Waals surface area contributed by atoms with Crippen molar-refractivity contribution >= 4 is 29.9 Å². The zero-order valence-corrected chi connectivity index (χ0v) is 18.3. The molecule has 0 bridgehead atoms. The Bertz CT molecular complexity index is 836. The van der Waals surface area contributed by atoms with Crippen molar-refractivity contribution in [2.24, 2.45) is 10.7 Å². The van der Waals surface area contributed by atoms with Gasteiger partial charge in [-0.25, -0.2) is 4.99 Å². The highest BCUT2D eigenvalue weighted by Crippen LogP contribution is 2.32. The second-order valence-electron chi connectivity index (χ2n) is 6.17. The van der Waals surface area contributed by atoms with E-state index in [-0.39, 0.29) is 48.1 Å². The van der Waals surface area contributed by atoms with Crippen LogP contribution in [0.2, 0.25) is 0 Å². The van der Waals surface area contributed by atoms with Gasteiger partial charge in [0.05, 0.1) is 25.8 Å². The van der Waals surface area contributed by atoms with Crippen LogP contribution in [0.3, 0.4) is 0 Å². The third-order valence-corrected chi connectivity index (χ3v) is 4.24. The molecule has 0 saturated heterocycles. The van der Waals surface area contributed by atoms with Gasteiger partial charge in [-0.05, 0) is 30.7 Å². The van der Waals surface area contributed by atoms with Crippen molar-refractivity contribution in [3.63, 3.8) is 0 Å². The number of hydrogen-bond acceptors (Lipinski definition) is 4. The summed E-state index contributed by atoms with van der Waals surface area (Å²) in [5, 5.41) is 3.22. The fourth-order valence-corrected chi connectivity index (χ4v) is 3.01. The number of nitrogens with two attached hydrogens (primary N) is 1. The molecule has 0 amide bonds. The van der Waals surface area contributed by atoms with Crippen LogP contribution in [0, 0.1) is 0 Å². The fraction of sp³-hybridized carbons (Fsp3) is 0.350. The second kappa shape index (κ2) is 11.0. The van der Waals surface area contributed by atoms with E-state index >= 15 is 0 Å². The summed E-state index contributed by atoms with van der Waals surface area (Å²) in [6.07, 6.45) is 0.779. The highest BCUT2D eigenvalue weighted by atomic mass is 127. The van der Waals surface area contributed by atoms with Crippen LogP contribution in [0.5, 0.6) is 17.2 Å². The quantitative estimate of drug-likeness (QED) is 0.325. The maximum absolute atomic E-state index is 12.5. The monoisotopic (exact) mass is 519 g/mol. The summed E-state index contributed by atoms with van der Waals surface area (Å²) >= 11 is 0. The predicted molar refractivity (Wildman–Crippen MR) is 117 cm³/mol. The van der Waals surface area contributed by atoms with Crippen LogP contribution < -0.4 is 25.3 Å². The van der Waals surface area contributed by atoms with E-state index in [4.69, 9.17) is 15.2 Å². The van der Waals surface area contributed by atoms with Crippen molar-refractivity contribution in [1.82, 2.24) is 5.32 Å². The second-order valence-corrected chi connectivity index (χ2v) is 6.17. The molecule has 0 saturated carbocycles. The Hall–Kier alpha value is -2.30. The van der Waals surface area contributed by atoms with Crippen molar-refractivity contribution in [3.8, 4) is 17.2 Å². The van der Waals surface area contributed by atoms with E-state index in [1.54, 1.807) is 19.1 Å². The molecule has 1 heterocycles. The summed E-state index contributed by atoms with van der Waals surface area (Å²) in [6, 6.07) is 12.5. The minimum absolute atomic E-state index is 0.